The Morgan fingerprint density at radius 1 is 1.08 bits per heavy atom. The molecule has 1 heterocycles. The first-order valence-electron chi connectivity index (χ1n) is 7.43. The summed E-state index contributed by atoms with van der Waals surface area (Å²) in [6.45, 7) is 2.75. The Kier molecular flexibility index (Phi) is 4.29. The largest absolute Gasteiger partial charge is 0.446 e. The van der Waals surface area contributed by atoms with Gasteiger partial charge in [0.25, 0.3) is 0 Å². The van der Waals surface area contributed by atoms with Crippen LogP contribution < -0.4 is 4.74 Å². The number of carbonyl (C=O) groups is 2. The maximum Gasteiger partial charge on any atom is 0.308 e. The zero-order chi connectivity index (χ0) is 17.1. The van der Waals surface area contributed by atoms with Gasteiger partial charge in [0.2, 0.25) is 18.0 Å². The predicted molar refractivity (Wildman–Crippen MR) is 87.1 cm³/mol. The van der Waals surface area contributed by atoms with Gasteiger partial charge in [0.15, 0.2) is 0 Å². The van der Waals surface area contributed by atoms with E-state index in [1.165, 1.54) is 18.9 Å². The Labute approximate surface area is 139 Å². The number of rotatable bonds is 3. The summed E-state index contributed by atoms with van der Waals surface area (Å²) in [7, 11) is 0. The second-order valence-electron chi connectivity index (χ2n) is 5.27. The lowest BCUT2D eigenvalue weighted by molar-refractivity contribution is -0.135. The molecule has 122 valence electrons. The van der Waals surface area contributed by atoms with Crippen molar-refractivity contribution in [2.45, 2.75) is 20.1 Å². The average Bonchev–Trinajstić information content (AvgIpc) is 3.01. The Morgan fingerprint density at radius 3 is 2.50 bits per heavy atom. The second kappa shape index (κ2) is 6.54. The topological polar surface area (TPSA) is 68.2 Å². The van der Waals surface area contributed by atoms with Crippen LogP contribution in [-0.4, -0.2) is 22.8 Å². The van der Waals surface area contributed by atoms with Gasteiger partial charge in [-0.15, -0.1) is 5.10 Å². The summed E-state index contributed by atoms with van der Waals surface area (Å²) in [5.74, 6) is 0.0990. The summed E-state index contributed by atoms with van der Waals surface area (Å²) in [5.41, 5.74) is 1.45. The molecule has 1 amide bonds. The number of ether oxygens (including phenoxy) is 2. The second-order valence-corrected chi connectivity index (χ2v) is 5.27. The van der Waals surface area contributed by atoms with E-state index in [0.717, 1.165) is 5.56 Å². The van der Waals surface area contributed by atoms with Crippen molar-refractivity contribution in [3.8, 4) is 5.75 Å². The molecule has 1 aliphatic heterocycles. The highest BCUT2D eigenvalue weighted by Crippen LogP contribution is 2.31. The van der Waals surface area contributed by atoms with E-state index in [1.54, 1.807) is 24.3 Å². The van der Waals surface area contributed by atoms with Crippen LogP contribution in [0.4, 0.5) is 0 Å². The molecule has 2 aromatic carbocycles. The minimum absolute atomic E-state index is 0.246. The monoisotopic (exact) mass is 324 g/mol. The van der Waals surface area contributed by atoms with Gasteiger partial charge in [-0.3, -0.25) is 9.59 Å². The lowest BCUT2D eigenvalue weighted by Crippen LogP contribution is -2.25. The van der Waals surface area contributed by atoms with E-state index >= 15 is 0 Å². The van der Waals surface area contributed by atoms with Crippen molar-refractivity contribution in [1.29, 1.82) is 0 Å². The number of benzene rings is 2. The lowest BCUT2D eigenvalue weighted by atomic mass is 10.2. The maximum atomic E-state index is 11.9. The maximum absolute atomic E-state index is 11.9. The minimum atomic E-state index is -0.701. The zero-order valence-corrected chi connectivity index (χ0v) is 13.3. The molecule has 0 N–H and O–H groups in total. The molecular weight excluding hydrogens is 308 g/mol. The summed E-state index contributed by atoms with van der Waals surface area (Å²) in [4.78, 5) is 23.0. The van der Waals surface area contributed by atoms with E-state index < -0.39 is 12.2 Å². The van der Waals surface area contributed by atoms with Crippen molar-refractivity contribution in [2.24, 2.45) is 5.10 Å². The first-order valence-corrected chi connectivity index (χ1v) is 7.43. The normalized spacial score (nSPS) is 16.3. The lowest BCUT2D eigenvalue weighted by Gasteiger charge is -2.19. The molecule has 0 aliphatic carbocycles. The number of esters is 1. The number of hydrogen-bond acceptors (Lipinski definition) is 5. The molecule has 6 nitrogen and oxygen atoms in total. The third-order valence-corrected chi connectivity index (χ3v) is 3.39. The van der Waals surface area contributed by atoms with Crippen LogP contribution in [0.3, 0.4) is 0 Å². The van der Waals surface area contributed by atoms with Crippen LogP contribution in [0.25, 0.3) is 0 Å². The standard InChI is InChI=1S/C18H16N2O4/c1-12(21)20-18(15-9-6-10-16(11-15)23-13(2)22)24-17(19-20)14-7-4-3-5-8-14/h3-11,18H,1-2H3. The average molecular weight is 324 g/mol. The summed E-state index contributed by atoms with van der Waals surface area (Å²) in [6, 6.07) is 16.2. The number of carbonyl (C=O) groups excluding carboxylic acids is 2. The molecule has 3 rings (SSSR count). The molecule has 0 bridgehead atoms. The van der Waals surface area contributed by atoms with Gasteiger partial charge < -0.3 is 9.47 Å². The third kappa shape index (κ3) is 3.27. The number of nitrogens with zero attached hydrogens (tertiary/aromatic N) is 2. The molecule has 0 spiro atoms. The van der Waals surface area contributed by atoms with Crippen LogP contribution in [0, 0.1) is 0 Å². The first kappa shape index (κ1) is 15.7. The molecule has 1 unspecified atom stereocenters. The number of hydrazone groups is 1. The Hall–Kier alpha value is -3.15. The summed E-state index contributed by atoms with van der Waals surface area (Å²) < 4.78 is 11.0. The molecule has 24 heavy (non-hydrogen) atoms. The van der Waals surface area contributed by atoms with Crippen LogP contribution in [0.5, 0.6) is 5.75 Å². The van der Waals surface area contributed by atoms with Crippen molar-refractivity contribution in [3.63, 3.8) is 0 Å². The van der Waals surface area contributed by atoms with E-state index in [4.69, 9.17) is 9.47 Å². The van der Waals surface area contributed by atoms with Crippen molar-refractivity contribution in [2.75, 3.05) is 0 Å². The molecule has 0 aromatic heterocycles. The third-order valence-electron chi connectivity index (χ3n) is 3.39. The van der Waals surface area contributed by atoms with Crippen LogP contribution in [0.1, 0.15) is 31.2 Å². The van der Waals surface area contributed by atoms with E-state index in [9.17, 15) is 9.59 Å². The zero-order valence-electron chi connectivity index (χ0n) is 13.3. The molecule has 0 radical (unpaired) electrons. The van der Waals surface area contributed by atoms with Gasteiger partial charge in [-0.25, -0.2) is 0 Å². The van der Waals surface area contributed by atoms with Crippen LogP contribution >= 0.6 is 0 Å². The molecule has 0 saturated carbocycles. The molecular formula is C18H16N2O4. The van der Waals surface area contributed by atoms with Crippen molar-refractivity contribution >= 4 is 17.8 Å². The van der Waals surface area contributed by atoms with Crippen molar-refractivity contribution in [3.05, 3.63) is 65.7 Å². The minimum Gasteiger partial charge on any atom is -0.446 e. The molecule has 0 saturated heterocycles. The van der Waals surface area contributed by atoms with E-state index in [2.05, 4.69) is 5.10 Å². The Bertz CT molecular complexity index is 802. The molecule has 6 heteroatoms. The number of amides is 1. The molecule has 0 fully saturated rings. The molecule has 1 aliphatic rings. The fraction of sp³-hybridized carbons (Fsp3) is 0.167. The SMILES string of the molecule is CC(=O)Oc1cccc(C2OC(c3ccccc3)=NN2C(C)=O)c1. The highest BCUT2D eigenvalue weighted by atomic mass is 16.5. The van der Waals surface area contributed by atoms with Crippen molar-refractivity contribution in [1.82, 2.24) is 5.01 Å². The van der Waals surface area contributed by atoms with Crippen molar-refractivity contribution < 1.29 is 19.1 Å². The number of hydrogen-bond donors (Lipinski definition) is 0. The van der Waals surface area contributed by atoms with Gasteiger partial charge in [0.1, 0.15) is 5.75 Å². The van der Waals surface area contributed by atoms with Gasteiger partial charge in [0, 0.05) is 25.0 Å². The Balaban J connectivity index is 1.91. The van der Waals surface area contributed by atoms with Gasteiger partial charge >= 0.3 is 5.97 Å². The first-order chi connectivity index (χ1) is 11.5. The molecule has 2 aromatic rings. The van der Waals surface area contributed by atoms with E-state index in [1.807, 2.05) is 30.3 Å². The van der Waals surface area contributed by atoms with Crippen LogP contribution in [0.2, 0.25) is 0 Å². The Morgan fingerprint density at radius 2 is 1.83 bits per heavy atom. The summed E-state index contributed by atoms with van der Waals surface area (Å²) in [5, 5.41) is 5.55. The van der Waals surface area contributed by atoms with Crippen LogP contribution in [-0.2, 0) is 14.3 Å². The van der Waals surface area contributed by atoms with E-state index in [-0.39, 0.29) is 5.91 Å². The quantitative estimate of drug-likeness (QED) is 0.643. The van der Waals surface area contributed by atoms with Gasteiger partial charge in [-0.05, 0) is 24.3 Å². The van der Waals surface area contributed by atoms with Gasteiger partial charge in [-0.1, -0.05) is 30.3 Å². The fourth-order valence-electron chi connectivity index (χ4n) is 2.38. The van der Waals surface area contributed by atoms with E-state index in [0.29, 0.717) is 17.2 Å². The summed E-state index contributed by atoms with van der Waals surface area (Å²) >= 11 is 0. The highest BCUT2D eigenvalue weighted by Gasteiger charge is 2.33. The summed E-state index contributed by atoms with van der Waals surface area (Å²) in [6.07, 6.45) is -0.701. The predicted octanol–water partition coefficient (Wildman–Crippen LogP) is 2.85. The smallest absolute Gasteiger partial charge is 0.308 e. The fourth-order valence-corrected chi connectivity index (χ4v) is 2.38. The highest BCUT2D eigenvalue weighted by molar-refractivity contribution is 5.96. The molecule has 1 atom stereocenters. The van der Waals surface area contributed by atoms with Gasteiger partial charge in [0.05, 0.1) is 0 Å². The van der Waals surface area contributed by atoms with Crippen LogP contribution in [0.15, 0.2) is 59.7 Å². The van der Waals surface area contributed by atoms with Gasteiger partial charge in [-0.2, -0.15) is 5.01 Å².